The molecular formula is C10H13N2NaO2S. The number of nitrogens with zero attached hydrogens (tertiary/aromatic N) is 2. The number of aromatic carboxylic acids is 1. The molecule has 0 unspecified atom stereocenters. The van der Waals surface area contributed by atoms with Crippen LogP contribution in [-0.2, 0) is 6.54 Å². The minimum absolute atomic E-state index is 0. The van der Waals surface area contributed by atoms with Crippen molar-refractivity contribution in [2.75, 3.05) is 13.1 Å². The van der Waals surface area contributed by atoms with E-state index in [1.54, 1.807) is 5.38 Å². The van der Waals surface area contributed by atoms with E-state index in [0.29, 0.717) is 0 Å². The Morgan fingerprint density at radius 3 is 2.69 bits per heavy atom. The fraction of sp³-hybridized carbons (Fsp3) is 0.600. The molecule has 0 saturated carbocycles. The van der Waals surface area contributed by atoms with Gasteiger partial charge in [0.15, 0.2) is 0 Å². The molecule has 2 heterocycles. The Balaban J connectivity index is 0.00000128. The topological polar surface area (TPSA) is 56.3 Å². The molecular weight excluding hydrogens is 235 g/mol. The molecule has 0 bridgehead atoms. The van der Waals surface area contributed by atoms with Gasteiger partial charge in [0.1, 0.15) is 5.01 Å². The summed E-state index contributed by atoms with van der Waals surface area (Å²) in [6.07, 6.45) is 3.77. The number of likely N-dealkylation sites (tertiary alicyclic amines) is 1. The predicted molar refractivity (Wildman–Crippen MR) is 55.6 cm³/mol. The van der Waals surface area contributed by atoms with Crippen molar-refractivity contribution in [1.82, 2.24) is 9.88 Å². The standard InChI is InChI=1S/C10H14N2O2S.Na/c13-10(14)8-7-15-9(11-8)6-12-4-2-1-3-5-12;/h7H,1-6H2,(H,13,14);/q;+1/p-1. The van der Waals surface area contributed by atoms with Crippen LogP contribution >= 0.6 is 11.3 Å². The van der Waals surface area contributed by atoms with Gasteiger partial charge in [0.2, 0.25) is 0 Å². The average Bonchev–Trinajstić information content (AvgIpc) is 2.68. The van der Waals surface area contributed by atoms with E-state index in [9.17, 15) is 9.90 Å². The van der Waals surface area contributed by atoms with Crippen LogP contribution in [0, 0.1) is 0 Å². The van der Waals surface area contributed by atoms with E-state index in [0.717, 1.165) is 24.6 Å². The van der Waals surface area contributed by atoms with Gasteiger partial charge in [-0.2, -0.15) is 0 Å². The zero-order valence-corrected chi connectivity index (χ0v) is 12.3. The fourth-order valence-electron chi connectivity index (χ4n) is 1.79. The van der Waals surface area contributed by atoms with Crippen molar-refractivity contribution in [1.29, 1.82) is 0 Å². The first-order valence-corrected chi connectivity index (χ1v) is 6.02. The van der Waals surface area contributed by atoms with Crippen LogP contribution in [0.1, 0.15) is 34.8 Å². The maximum absolute atomic E-state index is 10.5. The smallest absolute Gasteiger partial charge is 0.543 e. The molecule has 1 aromatic rings. The summed E-state index contributed by atoms with van der Waals surface area (Å²) in [5, 5.41) is 12.9. The second-order valence-corrected chi connectivity index (χ2v) is 4.69. The summed E-state index contributed by atoms with van der Waals surface area (Å²) in [5.41, 5.74) is 0.0620. The first-order chi connectivity index (χ1) is 7.25. The van der Waals surface area contributed by atoms with E-state index in [-0.39, 0.29) is 35.3 Å². The van der Waals surface area contributed by atoms with E-state index >= 15 is 0 Å². The normalized spacial score (nSPS) is 16.8. The van der Waals surface area contributed by atoms with Crippen molar-refractivity contribution in [2.24, 2.45) is 0 Å². The minimum Gasteiger partial charge on any atom is -0.543 e. The third-order valence-electron chi connectivity index (χ3n) is 2.57. The quantitative estimate of drug-likeness (QED) is 0.555. The molecule has 0 aromatic carbocycles. The van der Waals surface area contributed by atoms with E-state index in [1.165, 1.54) is 30.6 Å². The molecule has 1 saturated heterocycles. The number of carboxylic acids is 1. The van der Waals surface area contributed by atoms with Crippen LogP contribution in [0.3, 0.4) is 0 Å². The molecule has 0 amide bonds. The SMILES string of the molecule is O=C([O-])c1csc(CN2CCCCC2)n1.[Na+]. The van der Waals surface area contributed by atoms with Crippen LogP contribution in [0.15, 0.2) is 5.38 Å². The average molecular weight is 248 g/mol. The first-order valence-electron chi connectivity index (χ1n) is 5.14. The zero-order valence-electron chi connectivity index (χ0n) is 9.44. The number of carbonyl (C=O) groups excluding carboxylic acids is 1. The molecule has 4 nitrogen and oxygen atoms in total. The third-order valence-corrected chi connectivity index (χ3v) is 3.40. The Bertz CT molecular complexity index is 350. The molecule has 1 fully saturated rings. The van der Waals surface area contributed by atoms with Crippen LogP contribution in [0.25, 0.3) is 0 Å². The van der Waals surface area contributed by atoms with E-state index in [1.807, 2.05) is 0 Å². The molecule has 82 valence electrons. The van der Waals surface area contributed by atoms with E-state index in [2.05, 4.69) is 9.88 Å². The van der Waals surface area contributed by atoms with Crippen LogP contribution in [-0.4, -0.2) is 28.9 Å². The van der Waals surface area contributed by atoms with Gasteiger partial charge in [-0.25, -0.2) is 4.98 Å². The van der Waals surface area contributed by atoms with E-state index < -0.39 is 5.97 Å². The maximum atomic E-state index is 10.5. The minimum atomic E-state index is -1.18. The van der Waals surface area contributed by atoms with Gasteiger partial charge in [0.05, 0.1) is 18.2 Å². The van der Waals surface area contributed by atoms with Gasteiger partial charge in [-0.05, 0) is 25.9 Å². The molecule has 1 aliphatic rings. The van der Waals surface area contributed by atoms with Crippen molar-refractivity contribution < 1.29 is 39.5 Å². The molecule has 2 rings (SSSR count). The number of carbonyl (C=O) groups is 1. The summed E-state index contributed by atoms with van der Waals surface area (Å²) in [5.74, 6) is -1.18. The maximum Gasteiger partial charge on any atom is 1.00 e. The molecule has 0 N–H and O–H groups in total. The van der Waals surface area contributed by atoms with Gasteiger partial charge in [0, 0.05) is 5.38 Å². The number of aromatic nitrogens is 1. The van der Waals surface area contributed by atoms with Gasteiger partial charge in [-0.15, -0.1) is 11.3 Å². The molecule has 6 heteroatoms. The van der Waals surface area contributed by atoms with E-state index in [4.69, 9.17) is 0 Å². The van der Waals surface area contributed by atoms with Crippen LogP contribution < -0.4 is 34.7 Å². The molecule has 1 aliphatic heterocycles. The summed E-state index contributed by atoms with van der Waals surface area (Å²) in [6.45, 7) is 2.97. The second-order valence-electron chi connectivity index (χ2n) is 3.75. The van der Waals surface area contributed by atoms with Crippen molar-refractivity contribution in [2.45, 2.75) is 25.8 Å². The van der Waals surface area contributed by atoms with Gasteiger partial charge in [0.25, 0.3) is 0 Å². The zero-order chi connectivity index (χ0) is 10.7. The van der Waals surface area contributed by atoms with Crippen LogP contribution in [0.2, 0.25) is 0 Å². The van der Waals surface area contributed by atoms with Gasteiger partial charge < -0.3 is 9.90 Å². The Hall–Kier alpha value is 0.0600. The molecule has 0 radical (unpaired) electrons. The third kappa shape index (κ3) is 3.82. The number of rotatable bonds is 3. The molecule has 1 aromatic heterocycles. The Morgan fingerprint density at radius 2 is 2.12 bits per heavy atom. The fourth-order valence-corrected chi connectivity index (χ4v) is 2.59. The predicted octanol–water partition coefficient (Wildman–Crippen LogP) is -2.50. The monoisotopic (exact) mass is 248 g/mol. The second kappa shape index (κ2) is 6.71. The summed E-state index contributed by atoms with van der Waals surface area (Å²) >= 11 is 1.40. The van der Waals surface area contributed by atoms with Gasteiger partial charge >= 0.3 is 29.6 Å². The largest absolute Gasteiger partial charge is 1.00 e. The Morgan fingerprint density at radius 1 is 1.44 bits per heavy atom. The summed E-state index contributed by atoms with van der Waals surface area (Å²) < 4.78 is 0. The van der Waals surface area contributed by atoms with Crippen LogP contribution in [0.5, 0.6) is 0 Å². The molecule has 0 spiro atoms. The van der Waals surface area contributed by atoms with Crippen LogP contribution in [0.4, 0.5) is 0 Å². The van der Waals surface area contributed by atoms with Gasteiger partial charge in [-0.3, -0.25) is 4.90 Å². The molecule has 0 atom stereocenters. The Kier molecular flexibility index (Phi) is 5.92. The molecule has 16 heavy (non-hydrogen) atoms. The number of hydrogen-bond acceptors (Lipinski definition) is 5. The summed E-state index contributed by atoms with van der Waals surface area (Å²) in [6, 6.07) is 0. The summed E-state index contributed by atoms with van der Waals surface area (Å²) in [4.78, 5) is 16.9. The molecule has 0 aliphatic carbocycles. The van der Waals surface area contributed by atoms with Crippen molar-refractivity contribution >= 4 is 17.3 Å². The number of carboxylic acid groups (broad SMARTS) is 1. The van der Waals surface area contributed by atoms with Crippen molar-refractivity contribution in [3.8, 4) is 0 Å². The van der Waals surface area contributed by atoms with Crippen molar-refractivity contribution in [3.05, 3.63) is 16.1 Å². The number of thiazole rings is 1. The summed E-state index contributed by atoms with van der Waals surface area (Å²) in [7, 11) is 0. The Labute approximate surface area is 121 Å². The number of hydrogen-bond donors (Lipinski definition) is 0. The van der Waals surface area contributed by atoms with Crippen molar-refractivity contribution in [3.63, 3.8) is 0 Å². The first kappa shape index (κ1) is 14.1. The number of piperidine rings is 1. The van der Waals surface area contributed by atoms with Gasteiger partial charge in [-0.1, -0.05) is 6.42 Å².